The Morgan fingerprint density at radius 3 is 2.90 bits per heavy atom. The van der Waals surface area contributed by atoms with E-state index in [1.54, 1.807) is 42.9 Å². The zero-order valence-electron chi connectivity index (χ0n) is 16.9. The molecule has 0 fully saturated rings. The van der Waals surface area contributed by atoms with Crippen molar-refractivity contribution in [2.45, 2.75) is 25.9 Å². The Morgan fingerprint density at radius 2 is 2.13 bits per heavy atom. The Hall–Kier alpha value is -3.43. The van der Waals surface area contributed by atoms with E-state index >= 15 is 0 Å². The van der Waals surface area contributed by atoms with E-state index in [4.69, 9.17) is 10.7 Å². The minimum absolute atomic E-state index is 0.242. The highest BCUT2D eigenvalue weighted by Crippen LogP contribution is 2.17. The number of hydrogen-bond acceptors (Lipinski definition) is 6. The number of nitrogens with zero attached hydrogens (tertiary/aromatic N) is 2. The Morgan fingerprint density at radius 1 is 1.30 bits per heavy atom. The van der Waals surface area contributed by atoms with Crippen LogP contribution in [0.1, 0.15) is 18.9 Å². The maximum absolute atomic E-state index is 12.8. The number of anilines is 1. The molecule has 1 amide bonds. The van der Waals surface area contributed by atoms with Gasteiger partial charge in [-0.1, -0.05) is 13.0 Å². The second-order valence-corrected chi connectivity index (χ2v) is 6.71. The zero-order chi connectivity index (χ0) is 21.2. The number of amides is 1. The van der Waals surface area contributed by atoms with E-state index in [0.29, 0.717) is 29.5 Å². The number of aromatic nitrogens is 1. The van der Waals surface area contributed by atoms with Gasteiger partial charge in [-0.3, -0.25) is 20.1 Å². The van der Waals surface area contributed by atoms with Gasteiger partial charge in [0.2, 0.25) is 0 Å². The maximum atomic E-state index is 12.8. The molecule has 3 rings (SSSR count). The SMILES string of the molecule is CCCNC1NC(=NCCc2ccncc2)NC=C1C(=O)Nc1cccc(ON)c1. The first-order valence-corrected chi connectivity index (χ1v) is 9.87. The van der Waals surface area contributed by atoms with Crippen molar-refractivity contribution in [3.05, 3.63) is 66.1 Å². The van der Waals surface area contributed by atoms with E-state index in [2.05, 4.69) is 38.2 Å². The summed E-state index contributed by atoms with van der Waals surface area (Å²) in [4.78, 5) is 26.1. The molecule has 1 unspecified atom stereocenters. The first kappa shape index (κ1) is 21.3. The first-order chi connectivity index (χ1) is 14.7. The normalized spacial score (nSPS) is 16.9. The molecule has 1 aliphatic heterocycles. The third-order valence-electron chi connectivity index (χ3n) is 4.46. The van der Waals surface area contributed by atoms with Gasteiger partial charge < -0.3 is 20.8 Å². The molecule has 0 spiro atoms. The van der Waals surface area contributed by atoms with E-state index in [-0.39, 0.29) is 12.1 Å². The van der Waals surface area contributed by atoms with Crippen molar-refractivity contribution in [1.29, 1.82) is 0 Å². The molecule has 6 N–H and O–H groups in total. The zero-order valence-corrected chi connectivity index (χ0v) is 16.9. The van der Waals surface area contributed by atoms with E-state index in [1.807, 2.05) is 12.1 Å². The molecule has 0 saturated carbocycles. The predicted molar refractivity (Wildman–Crippen MR) is 117 cm³/mol. The van der Waals surface area contributed by atoms with E-state index in [0.717, 1.165) is 19.4 Å². The van der Waals surface area contributed by atoms with Crippen LogP contribution in [-0.4, -0.2) is 36.1 Å². The molecule has 1 aliphatic rings. The molecule has 1 atom stereocenters. The molecule has 0 saturated heterocycles. The lowest BCUT2D eigenvalue weighted by atomic mass is 10.1. The Balaban J connectivity index is 1.66. The number of carbonyl (C=O) groups excluding carboxylic acids is 1. The van der Waals surface area contributed by atoms with Gasteiger partial charge in [-0.2, -0.15) is 5.90 Å². The first-order valence-electron chi connectivity index (χ1n) is 9.87. The van der Waals surface area contributed by atoms with Crippen molar-refractivity contribution in [2.75, 3.05) is 18.4 Å². The van der Waals surface area contributed by atoms with Crippen LogP contribution in [0.15, 0.2) is 65.6 Å². The van der Waals surface area contributed by atoms with Crippen LogP contribution in [0.2, 0.25) is 0 Å². The average Bonchev–Trinajstić information content (AvgIpc) is 2.78. The molecule has 9 heteroatoms. The number of carbonyl (C=O) groups is 1. The van der Waals surface area contributed by atoms with Crippen molar-refractivity contribution >= 4 is 17.6 Å². The van der Waals surface area contributed by atoms with Gasteiger partial charge in [-0.05, 0) is 49.2 Å². The molecule has 0 aliphatic carbocycles. The fourth-order valence-electron chi connectivity index (χ4n) is 2.92. The number of benzene rings is 1. The third-order valence-corrected chi connectivity index (χ3v) is 4.46. The molecule has 0 bridgehead atoms. The summed E-state index contributed by atoms with van der Waals surface area (Å²) in [7, 11) is 0. The molecule has 30 heavy (non-hydrogen) atoms. The average molecular weight is 409 g/mol. The summed E-state index contributed by atoms with van der Waals surface area (Å²) in [6.07, 6.45) is 6.60. The second kappa shape index (κ2) is 10.9. The smallest absolute Gasteiger partial charge is 0.256 e. The van der Waals surface area contributed by atoms with Crippen molar-refractivity contribution < 1.29 is 9.63 Å². The number of nitrogens with two attached hydrogens (primary N) is 1. The van der Waals surface area contributed by atoms with E-state index in [9.17, 15) is 4.79 Å². The quantitative estimate of drug-likeness (QED) is 0.395. The van der Waals surface area contributed by atoms with Gasteiger partial charge in [0.25, 0.3) is 5.91 Å². The largest absolute Gasteiger partial charge is 0.411 e. The van der Waals surface area contributed by atoms with Crippen LogP contribution < -0.4 is 32.0 Å². The molecule has 2 aromatic rings. The lowest BCUT2D eigenvalue weighted by molar-refractivity contribution is -0.113. The third kappa shape index (κ3) is 6.03. The summed E-state index contributed by atoms with van der Waals surface area (Å²) in [5, 5.41) is 12.5. The van der Waals surface area contributed by atoms with Crippen LogP contribution in [0.25, 0.3) is 0 Å². The van der Waals surface area contributed by atoms with Gasteiger partial charge in [0, 0.05) is 36.9 Å². The Bertz CT molecular complexity index is 899. The maximum Gasteiger partial charge on any atom is 0.256 e. The van der Waals surface area contributed by atoms with Gasteiger partial charge in [0.1, 0.15) is 11.9 Å². The van der Waals surface area contributed by atoms with Crippen molar-refractivity contribution in [3.63, 3.8) is 0 Å². The number of hydrogen-bond donors (Lipinski definition) is 5. The molecule has 158 valence electrons. The number of aliphatic imine (C=N–C) groups is 1. The lowest BCUT2D eigenvalue weighted by Crippen LogP contribution is -2.56. The molecular weight excluding hydrogens is 382 g/mol. The Kier molecular flexibility index (Phi) is 7.76. The molecule has 2 heterocycles. The number of guanidine groups is 1. The summed E-state index contributed by atoms with van der Waals surface area (Å²) >= 11 is 0. The van der Waals surface area contributed by atoms with E-state index in [1.165, 1.54) is 5.56 Å². The number of rotatable bonds is 9. The summed E-state index contributed by atoms with van der Waals surface area (Å²) in [6, 6.07) is 10.8. The highest BCUT2D eigenvalue weighted by molar-refractivity contribution is 6.06. The van der Waals surface area contributed by atoms with Crippen molar-refractivity contribution in [2.24, 2.45) is 10.9 Å². The highest BCUT2D eigenvalue weighted by atomic mass is 16.6. The minimum atomic E-state index is -0.361. The highest BCUT2D eigenvalue weighted by Gasteiger charge is 2.25. The Labute approximate surface area is 175 Å². The van der Waals surface area contributed by atoms with Crippen LogP contribution in [0.5, 0.6) is 5.75 Å². The standard InChI is InChI=1S/C21H27N7O2/c1-2-9-24-19-18(20(29)27-16-4-3-5-17(13-16)30-22)14-26-21(28-19)25-12-8-15-6-10-23-11-7-15/h3-7,10-11,13-14,19,24H,2,8-9,12,22H2,1H3,(H,27,29)(H2,25,26,28). The van der Waals surface area contributed by atoms with Crippen LogP contribution in [0.3, 0.4) is 0 Å². The van der Waals surface area contributed by atoms with Gasteiger partial charge in [0.15, 0.2) is 5.96 Å². The fourth-order valence-corrected chi connectivity index (χ4v) is 2.92. The monoisotopic (exact) mass is 409 g/mol. The molecule has 9 nitrogen and oxygen atoms in total. The number of nitrogens with one attached hydrogen (secondary N) is 4. The molecular formula is C21H27N7O2. The van der Waals surface area contributed by atoms with Gasteiger partial charge >= 0.3 is 0 Å². The van der Waals surface area contributed by atoms with Crippen molar-refractivity contribution in [3.8, 4) is 5.75 Å². The van der Waals surface area contributed by atoms with Crippen LogP contribution in [0, 0.1) is 0 Å². The van der Waals surface area contributed by atoms with Gasteiger partial charge in [-0.15, -0.1) is 0 Å². The van der Waals surface area contributed by atoms with Crippen LogP contribution in [-0.2, 0) is 11.2 Å². The summed E-state index contributed by atoms with van der Waals surface area (Å²) in [5.74, 6) is 6.03. The summed E-state index contributed by atoms with van der Waals surface area (Å²) in [5.41, 5.74) is 2.29. The van der Waals surface area contributed by atoms with Crippen LogP contribution in [0.4, 0.5) is 5.69 Å². The fraction of sp³-hybridized carbons (Fsp3) is 0.286. The van der Waals surface area contributed by atoms with Crippen molar-refractivity contribution in [1.82, 2.24) is 20.9 Å². The van der Waals surface area contributed by atoms with Gasteiger partial charge in [-0.25, -0.2) is 0 Å². The topological polar surface area (TPSA) is 126 Å². The predicted octanol–water partition coefficient (Wildman–Crippen LogP) is 1.27. The summed E-state index contributed by atoms with van der Waals surface area (Å²) in [6.45, 7) is 3.43. The molecule has 1 aromatic carbocycles. The minimum Gasteiger partial charge on any atom is -0.411 e. The van der Waals surface area contributed by atoms with Crippen LogP contribution >= 0.6 is 0 Å². The van der Waals surface area contributed by atoms with E-state index < -0.39 is 0 Å². The lowest BCUT2D eigenvalue weighted by Gasteiger charge is -2.28. The molecule has 1 aromatic heterocycles. The molecule has 0 radical (unpaired) electrons. The number of pyridine rings is 1. The van der Waals surface area contributed by atoms with Gasteiger partial charge in [0.05, 0.1) is 5.57 Å². The second-order valence-electron chi connectivity index (χ2n) is 6.71. The summed E-state index contributed by atoms with van der Waals surface area (Å²) < 4.78 is 0.